The van der Waals surface area contributed by atoms with Crippen molar-refractivity contribution in [1.82, 2.24) is 4.90 Å². The van der Waals surface area contributed by atoms with Gasteiger partial charge in [0.2, 0.25) is 5.91 Å². The number of aromatic hydroxyl groups is 1. The molecule has 9 heteroatoms. The zero-order valence-corrected chi connectivity index (χ0v) is 22.3. The Hall–Kier alpha value is -3.82. The highest BCUT2D eigenvalue weighted by Gasteiger charge is 2.60. The van der Waals surface area contributed by atoms with Crippen molar-refractivity contribution in [2.45, 2.75) is 43.7 Å². The molecule has 4 unspecified atom stereocenters. The predicted molar refractivity (Wildman–Crippen MR) is 144 cm³/mol. The van der Waals surface area contributed by atoms with Gasteiger partial charge in [-0.2, -0.15) is 0 Å². The highest BCUT2D eigenvalue weighted by atomic mass is 16.5. The van der Waals surface area contributed by atoms with Crippen molar-refractivity contribution in [2.75, 3.05) is 21.2 Å². The summed E-state index contributed by atoms with van der Waals surface area (Å²) in [5, 5.41) is 44.8. The van der Waals surface area contributed by atoms with E-state index in [1.54, 1.807) is 26.1 Å². The molecule has 0 aromatic heterocycles. The van der Waals surface area contributed by atoms with E-state index in [0.717, 1.165) is 22.4 Å². The molecule has 3 aliphatic rings. The van der Waals surface area contributed by atoms with Crippen molar-refractivity contribution in [3.8, 4) is 11.5 Å². The number of nitrogens with two attached hydrogens (primary N) is 1. The van der Waals surface area contributed by atoms with E-state index in [1.807, 2.05) is 30.3 Å². The summed E-state index contributed by atoms with van der Waals surface area (Å²) in [6.45, 7) is 0. The van der Waals surface area contributed by atoms with Crippen LogP contribution in [-0.4, -0.2) is 69.9 Å². The number of hydrogen-bond acceptors (Lipinski definition) is 8. The second-order valence-corrected chi connectivity index (χ2v) is 11.0. The van der Waals surface area contributed by atoms with Crippen molar-refractivity contribution in [3.05, 3.63) is 75.6 Å². The first-order chi connectivity index (χ1) is 18.5. The van der Waals surface area contributed by atoms with Gasteiger partial charge in [-0.05, 0) is 80.6 Å². The highest BCUT2D eigenvalue weighted by molar-refractivity contribution is 6.10. The first kappa shape index (κ1) is 26.8. The number of ether oxygens (including phenoxy) is 1. The van der Waals surface area contributed by atoms with Gasteiger partial charge in [0.05, 0.1) is 24.3 Å². The molecule has 1 amide bonds. The average Bonchev–Trinajstić information content (AvgIpc) is 2.89. The molecule has 0 aliphatic heterocycles. The number of methoxy groups -OCH3 is 1. The minimum Gasteiger partial charge on any atom is -0.510 e. The highest BCUT2D eigenvalue weighted by Crippen LogP contribution is 2.53. The number of Topliss-reactive ketones (excluding diaryl/α,β-unsaturated/α-hetero) is 1. The van der Waals surface area contributed by atoms with Gasteiger partial charge in [-0.25, -0.2) is 0 Å². The van der Waals surface area contributed by atoms with E-state index in [1.165, 1.54) is 6.07 Å². The molecule has 6 N–H and O–H groups in total. The normalized spacial score (nSPS) is 26.3. The van der Waals surface area contributed by atoms with Gasteiger partial charge < -0.3 is 30.9 Å². The fourth-order valence-electron chi connectivity index (χ4n) is 6.74. The molecule has 2 aromatic carbocycles. The monoisotopic (exact) mass is 534 g/mol. The lowest BCUT2D eigenvalue weighted by atomic mass is 9.57. The lowest BCUT2D eigenvalue weighted by Crippen LogP contribution is -2.62. The molecule has 0 spiro atoms. The smallest absolute Gasteiger partial charge is 0.248 e. The molecule has 4 atom stereocenters. The summed E-state index contributed by atoms with van der Waals surface area (Å²) in [5.41, 5.74) is 6.28. The quantitative estimate of drug-likeness (QED) is 0.379. The maximum atomic E-state index is 13.9. The summed E-state index contributed by atoms with van der Waals surface area (Å²) in [4.78, 5) is 27.7. The van der Waals surface area contributed by atoms with E-state index in [-0.39, 0.29) is 40.4 Å². The SMILES string of the molecule is COc1cccc(CCc2ccc(O)c3c2CC2CC4C(N(C)C)C(O)=C(C(N)=O)CC4(O)C(=O)C2=C3O)c1. The largest absolute Gasteiger partial charge is 0.510 e. The van der Waals surface area contributed by atoms with Crippen molar-refractivity contribution >= 4 is 17.4 Å². The number of rotatable bonds is 6. The topological polar surface area (TPSA) is 154 Å². The molecular formula is C30H34N2O7. The summed E-state index contributed by atoms with van der Waals surface area (Å²) in [5.74, 6) is -2.76. The first-order valence-electron chi connectivity index (χ1n) is 13.0. The Balaban J connectivity index is 1.56. The van der Waals surface area contributed by atoms with E-state index in [2.05, 4.69) is 0 Å². The molecule has 9 nitrogen and oxygen atoms in total. The molecule has 0 radical (unpaired) electrons. The van der Waals surface area contributed by atoms with Gasteiger partial charge in [0.1, 0.15) is 28.6 Å². The van der Waals surface area contributed by atoms with Crippen molar-refractivity contribution in [2.24, 2.45) is 17.6 Å². The summed E-state index contributed by atoms with van der Waals surface area (Å²) in [6, 6.07) is 10.3. The van der Waals surface area contributed by atoms with E-state index < -0.39 is 41.6 Å². The number of carbonyl (C=O) groups excluding carboxylic acids is 2. The maximum Gasteiger partial charge on any atom is 0.248 e. The zero-order chi connectivity index (χ0) is 28.2. The molecule has 3 aliphatic carbocycles. The molecule has 5 rings (SSSR count). The van der Waals surface area contributed by atoms with E-state index in [0.29, 0.717) is 19.3 Å². The fourth-order valence-corrected chi connectivity index (χ4v) is 6.74. The van der Waals surface area contributed by atoms with Crippen LogP contribution in [0.25, 0.3) is 5.76 Å². The second kappa shape index (κ2) is 9.73. The number of benzene rings is 2. The number of amides is 1. The van der Waals surface area contributed by atoms with Gasteiger partial charge in [-0.1, -0.05) is 18.2 Å². The van der Waals surface area contributed by atoms with Crippen LogP contribution in [-0.2, 0) is 28.9 Å². The van der Waals surface area contributed by atoms with Crippen molar-refractivity contribution in [3.63, 3.8) is 0 Å². The number of primary amides is 1. The molecule has 0 saturated heterocycles. The van der Waals surface area contributed by atoms with E-state index in [9.17, 15) is 30.0 Å². The molecule has 0 heterocycles. The number of carbonyl (C=O) groups is 2. The predicted octanol–water partition coefficient (Wildman–Crippen LogP) is 2.58. The van der Waals surface area contributed by atoms with Crippen LogP contribution in [0.2, 0.25) is 0 Å². The van der Waals surface area contributed by atoms with Crippen LogP contribution < -0.4 is 10.5 Å². The Bertz CT molecular complexity index is 1430. The summed E-state index contributed by atoms with van der Waals surface area (Å²) >= 11 is 0. The van der Waals surface area contributed by atoms with Crippen LogP contribution in [0.15, 0.2) is 53.3 Å². The third-order valence-corrected chi connectivity index (χ3v) is 8.62. The third-order valence-electron chi connectivity index (χ3n) is 8.62. The Morgan fingerprint density at radius 2 is 1.90 bits per heavy atom. The lowest BCUT2D eigenvalue weighted by Gasteiger charge is -2.51. The van der Waals surface area contributed by atoms with Gasteiger partial charge in [0, 0.05) is 17.9 Å². The number of likely N-dealkylation sites (N-methyl/N-ethyl adjacent to an activating group) is 1. The number of aliphatic hydroxyl groups is 3. The minimum absolute atomic E-state index is 0.0456. The molecule has 2 aromatic rings. The zero-order valence-electron chi connectivity index (χ0n) is 22.3. The van der Waals surface area contributed by atoms with Crippen LogP contribution in [0.3, 0.4) is 0 Å². The average molecular weight is 535 g/mol. The number of nitrogens with zero attached hydrogens (tertiary/aromatic N) is 1. The lowest BCUT2D eigenvalue weighted by molar-refractivity contribution is -0.151. The number of hydrogen-bond donors (Lipinski definition) is 5. The van der Waals surface area contributed by atoms with Gasteiger partial charge >= 0.3 is 0 Å². The Labute approximate surface area is 226 Å². The van der Waals surface area contributed by atoms with Crippen molar-refractivity contribution in [1.29, 1.82) is 0 Å². The molecule has 206 valence electrons. The molecular weight excluding hydrogens is 500 g/mol. The maximum absolute atomic E-state index is 13.9. The molecule has 39 heavy (non-hydrogen) atoms. The number of aryl methyl sites for hydroxylation is 2. The number of ketones is 1. The van der Waals surface area contributed by atoms with E-state index in [4.69, 9.17) is 10.5 Å². The molecule has 1 fully saturated rings. The number of aliphatic hydroxyl groups excluding tert-OH is 2. The van der Waals surface area contributed by atoms with Crippen molar-refractivity contribution < 1.29 is 34.8 Å². The van der Waals surface area contributed by atoms with Gasteiger partial charge in [0.15, 0.2) is 5.78 Å². The molecule has 1 saturated carbocycles. The van der Waals surface area contributed by atoms with Crippen LogP contribution >= 0.6 is 0 Å². The van der Waals surface area contributed by atoms with Crippen LogP contribution in [0, 0.1) is 11.8 Å². The molecule has 0 bridgehead atoms. The van der Waals surface area contributed by atoms with E-state index >= 15 is 0 Å². The Kier molecular flexibility index (Phi) is 6.68. The van der Waals surface area contributed by atoms with Crippen LogP contribution in [0.4, 0.5) is 0 Å². The van der Waals surface area contributed by atoms with Crippen LogP contribution in [0.1, 0.15) is 35.1 Å². The number of fused-ring (bicyclic) bond motifs is 3. The van der Waals surface area contributed by atoms with Gasteiger partial charge in [-0.15, -0.1) is 0 Å². The fraction of sp³-hybridized carbons (Fsp3) is 0.400. The summed E-state index contributed by atoms with van der Waals surface area (Å²) < 4.78 is 5.33. The van der Waals surface area contributed by atoms with Crippen LogP contribution in [0.5, 0.6) is 11.5 Å². The number of phenols is 1. The standard InChI is InChI=1S/C30H34N2O7/c1-32(2)25-21-13-17-12-19-16(8-7-15-5-4-6-18(11-15)39-3)9-10-22(33)24(19)27(35)23(17)28(36)30(21,38)14-20(26(25)34)29(31)37/h4-6,9-11,17,21,25,33-35,38H,7-8,12-14H2,1-3H3,(H2,31,37). The Morgan fingerprint density at radius 3 is 2.56 bits per heavy atom. The second-order valence-electron chi connectivity index (χ2n) is 11.0. The Morgan fingerprint density at radius 1 is 1.15 bits per heavy atom. The minimum atomic E-state index is -2.04. The number of phenolic OH excluding ortho intramolecular Hbond substituents is 1. The summed E-state index contributed by atoms with van der Waals surface area (Å²) in [6.07, 6.45) is 1.56. The van der Waals surface area contributed by atoms with Gasteiger partial charge in [-0.3, -0.25) is 14.5 Å². The first-order valence-corrected chi connectivity index (χ1v) is 13.0. The third kappa shape index (κ3) is 4.26. The summed E-state index contributed by atoms with van der Waals surface area (Å²) in [7, 11) is 5.01. The van der Waals surface area contributed by atoms with Gasteiger partial charge in [0.25, 0.3) is 0 Å².